The molecule has 1 aliphatic rings. The van der Waals surface area contributed by atoms with Crippen molar-refractivity contribution in [3.8, 4) is 0 Å². The Morgan fingerprint density at radius 2 is 1.84 bits per heavy atom. The van der Waals surface area contributed by atoms with Gasteiger partial charge in [-0.05, 0) is 44.8 Å². The van der Waals surface area contributed by atoms with Gasteiger partial charge in [0.1, 0.15) is 0 Å². The molecule has 0 saturated heterocycles. The predicted molar refractivity (Wildman–Crippen MR) is 86.3 cm³/mol. The van der Waals surface area contributed by atoms with Gasteiger partial charge in [-0.25, -0.2) is 0 Å². The normalized spacial score (nSPS) is 28.0. The Hall–Kier alpha value is -1.08. The van der Waals surface area contributed by atoms with Crippen LogP contribution in [0.5, 0.6) is 0 Å². The third-order valence-corrected chi connectivity index (χ3v) is 4.34. The lowest BCUT2D eigenvalue weighted by molar-refractivity contribution is 0.271. The minimum absolute atomic E-state index is 0.173. The lowest BCUT2D eigenvalue weighted by Gasteiger charge is -2.33. The van der Waals surface area contributed by atoms with Crippen molar-refractivity contribution in [3.05, 3.63) is 47.1 Å². The van der Waals surface area contributed by atoms with E-state index in [1.165, 1.54) is 23.1 Å². The standard InChI is InChI=1S/C18H29N/c1-7-16(4)18(5,6)19-13-17-12-11-14(2)9-8-10-15(17)3/h8-12,16,19H,7,13H2,1-6H3/b9-8-,10-8?,12-11?,14-9?,14-11+,15-10-,17-12+,17-15?. The number of rotatable bonds is 5. The Balaban J connectivity index is 2.76. The van der Waals surface area contributed by atoms with E-state index in [0.717, 1.165) is 6.54 Å². The highest BCUT2D eigenvalue weighted by molar-refractivity contribution is 5.40. The molecule has 1 rings (SSSR count). The summed E-state index contributed by atoms with van der Waals surface area (Å²) in [5.41, 5.74) is 4.18. The van der Waals surface area contributed by atoms with Gasteiger partial charge in [0.25, 0.3) is 0 Å². The molecule has 0 heterocycles. The highest BCUT2D eigenvalue weighted by Crippen LogP contribution is 2.21. The van der Waals surface area contributed by atoms with Crippen molar-refractivity contribution < 1.29 is 0 Å². The van der Waals surface area contributed by atoms with Gasteiger partial charge in [0.15, 0.2) is 0 Å². The van der Waals surface area contributed by atoms with Gasteiger partial charge >= 0.3 is 0 Å². The van der Waals surface area contributed by atoms with E-state index < -0.39 is 0 Å². The molecule has 106 valence electrons. The number of hydrogen-bond acceptors (Lipinski definition) is 1. The fourth-order valence-corrected chi connectivity index (χ4v) is 2.08. The number of allylic oxidation sites excluding steroid dienone is 6. The Labute approximate surface area is 119 Å². The van der Waals surface area contributed by atoms with Crippen LogP contribution in [-0.2, 0) is 0 Å². The first kappa shape index (κ1) is 16.0. The first-order valence-corrected chi connectivity index (χ1v) is 7.34. The molecule has 0 saturated carbocycles. The van der Waals surface area contributed by atoms with E-state index in [-0.39, 0.29) is 5.54 Å². The maximum Gasteiger partial charge on any atom is 0.0213 e. The molecule has 1 unspecified atom stereocenters. The lowest BCUT2D eigenvalue weighted by atomic mass is 9.86. The van der Waals surface area contributed by atoms with Crippen LogP contribution >= 0.6 is 0 Å². The van der Waals surface area contributed by atoms with Gasteiger partial charge in [0.2, 0.25) is 0 Å². The number of hydrogen-bond donors (Lipinski definition) is 1. The minimum Gasteiger partial charge on any atom is -0.307 e. The molecule has 1 heteroatoms. The summed E-state index contributed by atoms with van der Waals surface area (Å²) in [7, 11) is 0. The maximum absolute atomic E-state index is 3.71. The summed E-state index contributed by atoms with van der Waals surface area (Å²) in [6.45, 7) is 14.4. The summed E-state index contributed by atoms with van der Waals surface area (Å²) < 4.78 is 0. The van der Waals surface area contributed by atoms with Gasteiger partial charge in [0.05, 0.1) is 0 Å². The summed E-state index contributed by atoms with van der Waals surface area (Å²) in [5.74, 6) is 0.670. The van der Waals surface area contributed by atoms with Crippen LogP contribution < -0.4 is 5.32 Å². The van der Waals surface area contributed by atoms with Gasteiger partial charge in [-0.3, -0.25) is 0 Å². The Morgan fingerprint density at radius 1 is 1.16 bits per heavy atom. The van der Waals surface area contributed by atoms with E-state index in [0.29, 0.717) is 5.92 Å². The second-order valence-electron chi connectivity index (χ2n) is 6.20. The highest BCUT2D eigenvalue weighted by atomic mass is 15.0. The third-order valence-electron chi connectivity index (χ3n) is 4.34. The molecular weight excluding hydrogens is 230 g/mol. The molecule has 0 fully saturated rings. The molecule has 1 aliphatic carbocycles. The van der Waals surface area contributed by atoms with Gasteiger partial charge in [-0.2, -0.15) is 0 Å². The highest BCUT2D eigenvalue weighted by Gasteiger charge is 2.23. The van der Waals surface area contributed by atoms with Gasteiger partial charge < -0.3 is 5.32 Å². The molecule has 0 aromatic rings. The molecule has 0 amide bonds. The fraction of sp³-hybridized carbons (Fsp3) is 0.556. The van der Waals surface area contributed by atoms with E-state index >= 15 is 0 Å². The van der Waals surface area contributed by atoms with E-state index in [4.69, 9.17) is 0 Å². The molecule has 0 spiro atoms. The molecule has 0 aromatic heterocycles. The topological polar surface area (TPSA) is 12.0 Å². The molecule has 0 aromatic carbocycles. The molecule has 0 radical (unpaired) electrons. The Morgan fingerprint density at radius 3 is 2.47 bits per heavy atom. The number of nitrogens with one attached hydrogen (secondary N) is 1. The molecular formula is C18H29N. The summed E-state index contributed by atoms with van der Waals surface area (Å²) in [6.07, 6.45) is 12.1. The van der Waals surface area contributed by atoms with Crippen molar-refractivity contribution in [2.75, 3.05) is 6.54 Å². The largest absolute Gasteiger partial charge is 0.307 e. The monoisotopic (exact) mass is 259 g/mol. The summed E-state index contributed by atoms with van der Waals surface area (Å²) in [5, 5.41) is 3.71. The van der Waals surface area contributed by atoms with Crippen LogP contribution in [0.15, 0.2) is 47.1 Å². The average Bonchev–Trinajstić information content (AvgIpc) is 2.35. The van der Waals surface area contributed by atoms with Crippen LogP contribution in [0.1, 0.15) is 48.0 Å². The lowest BCUT2D eigenvalue weighted by Crippen LogP contribution is -2.45. The Kier molecular flexibility index (Phi) is 5.81. The van der Waals surface area contributed by atoms with E-state index in [9.17, 15) is 0 Å². The van der Waals surface area contributed by atoms with Gasteiger partial charge in [-0.1, -0.05) is 56.2 Å². The van der Waals surface area contributed by atoms with Crippen LogP contribution in [0, 0.1) is 5.92 Å². The first-order valence-electron chi connectivity index (χ1n) is 7.34. The van der Waals surface area contributed by atoms with Crippen LogP contribution in [0.3, 0.4) is 0 Å². The minimum atomic E-state index is 0.173. The summed E-state index contributed by atoms with van der Waals surface area (Å²) in [6, 6.07) is 0. The fourth-order valence-electron chi connectivity index (χ4n) is 2.08. The van der Waals surface area contributed by atoms with Crippen LogP contribution in [0.2, 0.25) is 0 Å². The second-order valence-corrected chi connectivity index (χ2v) is 6.20. The van der Waals surface area contributed by atoms with Crippen LogP contribution in [0.4, 0.5) is 0 Å². The van der Waals surface area contributed by atoms with Gasteiger partial charge in [-0.15, -0.1) is 0 Å². The van der Waals surface area contributed by atoms with Crippen molar-refractivity contribution in [2.24, 2.45) is 5.92 Å². The molecule has 19 heavy (non-hydrogen) atoms. The van der Waals surface area contributed by atoms with Crippen LogP contribution in [0.25, 0.3) is 0 Å². The van der Waals surface area contributed by atoms with Crippen molar-refractivity contribution >= 4 is 0 Å². The van der Waals surface area contributed by atoms with E-state index in [2.05, 4.69) is 77.2 Å². The molecule has 1 atom stereocenters. The molecule has 0 bridgehead atoms. The zero-order valence-electron chi connectivity index (χ0n) is 13.4. The third kappa shape index (κ3) is 4.83. The molecule has 0 aliphatic heterocycles. The smallest absolute Gasteiger partial charge is 0.0213 e. The van der Waals surface area contributed by atoms with E-state index in [1.54, 1.807) is 0 Å². The molecule has 1 nitrogen and oxygen atoms in total. The second kappa shape index (κ2) is 6.91. The maximum atomic E-state index is 3.71. The van der Waals surface area contributed by atoms with Gasteiger partial charge in [0, 0.05) is 12.1 Å². The van der Waals surface area contributed by atoms with Crippen molar-refractivity contribution in [2.45, 2.75) is 53.5 Å². The quantitative estimate of drug-likeness (QED) is 0.748. The average molecular weight is 259 g/mol. The SMILES string of the molecule is CCC(C)C(C)(C)NCC1=C\C=C(C)\C=C/C=C\1C. The van der Waals surface area contributed by atoms with Crippen LogP contribution in [-0.4, -0.2) is 12.1 Å². The molecule has 1 N–H and O–H groups in total. The van der Waals surface area contributed by atoms with Crippen molar-refractivity contribution in [1.29, 1.82) is 0 Å². The Bertz CT molecular complexity index is 419. The zero-order chi connectivity index (χ0) is 14.5. The van der Waals surface area contributed by atoms with E-state index in [1.807, 2.05) is 0 Å². The summed E-state index contributed by atoms with van der Waals surface area (Å²) >= 11 is 0. The predicted octanol–water partition coefficient (Wildman–Crippen LogP) is 4.79. The summed E-state index contributed by atoms with van der Waals surface area (Å²) in [4.78, 5) is 0. The van der Waals surface area contributed by atoms with Crippen molar-refractivity contribution in [3.63, 3.8) is 0 Å². The first-order chi connectivity index (χ1) is 8.86. The van der Waals surface area contributed by atoms with Crippen molar-refractivity contribution in [1.82, 2.24) is 5.32 Å². The zero-order valence-corrected chi connectivity index (χ0v) is 13.4.